The number of anilines is 1. The zero-order chi connectivity index (χ0) is 19.6. The summed E-state index contributed by atoms with van der Waals surface area (Å²) in [5.41, 5.74) is 4.71. The monoisotopic (exact) mass is 366 g/mol. The Hall–Kier alpha value is -2.95. The third-order valence-corrected chi connectivity index (χ3v) is 4.96. The summed E-state index contributed by atoms with van der Waals surface area (Å²) in [7, 11) is 3.16. The highest BCUT2D eigenvalue weighted by atomic mass is 16.5. The number of ether oxygens (including phenoxy) is 2. The second kappa shape index (κ2) is 7.74. The maximum absolute atomic E-state index is 13.1. The maximum Gasteiger partial charge on any atom is 0.272 e. The molecule has 5 nitrogen and oxygen atoms in total. The average Bonchev–Trinajstić information content (AvgIpc) is 2.98. The van der Waals surface area contributed by atoms with Gasteiger partial charge in [0.15, 0.2) is 11.5 Å². The van der Waals surface area contributed by atoms with E-state index in [1.54, 1.807) is 26.4 Å². The Morgan fingerprint density at radius 3 is 2.41 bits per heavy atom. The second-order valence-electron chi connectivity index (χ2n) is 6.45. The van der Waals surface area contributed by atoms with Gasteiger partial charge in [0.05, 0.1) is 14.2 Å². The first-order valence-electron chi connectivity index (χ1n) is 9.19. The number of methoxy groups -OCH3 is 2. The number of hydrogen-bond acceptors (Lipinski definition) is 3. The number of aromatic nitrogens is 1. The number of rotatable bonds is 6. The summed E-state index contributed by atoms with van der Waals surface area (Å²) < 4.78 is 12.7. The molecule has 1 aromatic heterocycles. The molecule has 2 aromatic carbocycles. The predicted molar refractivity (Wildman–Crippen MR) is 109 cm³/mol. The lowest BCUT2D eigenvalue weighted by Gasteiger charge is -2.12. The van der Waals surface area contributed by atoms with Crippen molar-refractivity contribution in [1.29, 1.82) is 0 Å². The number of nitrogens with one attached hydrogen (secondary N) is 1. The largest absolute Gasteiger partial charge is 0.493 e. The number of nitrogens with zero attached hydrogens (tertiary/aromatic N) is 1. The van der Waals surface area contributed by atoms with Crippen LogP contribution in [0.25, 0.3) is 10.9 Å². The van der Waals surface area contributed by atoms with Gasteiger partial charge >= 0.3 is 0 Å². The third-order valence-electron chi connectivity index (χ3n) is 4.96. The van der Waals surface area contributed by atoms with Crippen LogP contribution in [0.1, 0.15) is 35.5 Å². The Balaban J connectivity index is 2.02. The van der Waals surface area contributed by atoms with E-state index in [1.807, 2.05) is 13.0 Å². The van der Waals surface area contributed by atoms with E-state index in [-0.39, 0.29) is 5.91 Å². The van der Waals surface area contributed by atoms with Crippen LogP contribution >= 0.6 is 0 Å². The number of hydrogen-bond donors (Lipinski definition) is 1. The third kappa shape index (κ3) is 3.37. The zero-order valence-electron chi connectivity index (χ0n) is 16.6. The van der Waals surface area contributed by atoms with Crippen LogP contribution in [0.4, 0.5) is 5.69 Å². The molecule has 0 aliphatic heterocycles. The quantitative estimate of drug-likeness (QED) is 0.682. The molecule has 0 unspecified atom stereocenters. The highest BCUT2D eigenvalue weighted by molar-refractivity contribution is 6.08. The van der Waals surface area contributed by atoms with Gasteiger partial charge in [0.2, 0.25) is 0 Å². The highest BCUT2D eigenvalue weighted by Gasteiger charge is 2.20. The summed E-state index contributed by atoms with van der Waals surface area (Å²) in [4.78, 5) is 13.1. The Bertz CT molecular complexity index is 989. The average molecular weight is 366 g/mol. The summed E-state index contributed by atoms with van der Waals surface area (Å²) in [6.07, 6.45) is 0.972. The molecule has 5 heteroatoms. The Labute approximate surface area is 159 Å². The van der Waals surface area contributed by atoms with Crippen molar-refractivity contribution in [1.82, 2.24) is 4.57 Å². The van der Waals surface area contributed by atoms with Crippen LogP contribution in [0, 0.1) is 6.92 Å². The van der Waals surface area contributed by atoms with E-state index in [2.05, 4.69) is 41.9 Å². The van der Waals surface area contributed by atoms with Crippen molar-refractivity contribution in [3.05, 3.63) is 53.2 Å². The van der Waals surface area contributed by atoms with Crippen LogP contribution < -0.4 is 14.8 Å². The van der Waals surface area contributed by atoms with E-state index in [0.717, 1.165) is 29.4 Å². The van der Waals surface area contributed by atoms with Crippen LogP contribution in [-0.2, 0) is 13.0 Å². The fourth-order valence-electron chi connectivity index (χ4n) is 3.51. The molecule has 0 aliphatic rings. The van der Waals surface area contributed by atoms with Crippen LogP contribution in [0.15, 0.2) is 36.4 Å². The van der Waals surface area contributed by atoms with Crippen molar-refractivity contribution < 1.29 is 14.3 Å². The van der Waals surface area contributed by atoms with Gasteiger partial charge in [0.25, 0.3) is 5.91 Å². The fraction of sp³-hybridized carbons (Fsp3) is 0.318. The van der Waals surface area contributed by atoms with Gasteiger partial charge in [-0.1, -0.05) is 13.0 Å². The van der Waals surface area contributed by atoms with E-state index in [0.29, 0.717) is 22.9 Å². The summed E-state index contributed by atoms with van der Waals surface area (Å²) in [6, 6.07) is 11.8. The normalized spacial score (nSPS) is 10.9. The smallest absolute Gasteiger partial charge is 0.272 e. The van der Waals surface area contributed by atoms with Crippen molar-refractivity contribution in [2.24, 2.45) is 0 Å². The van der Waals surface area contributed by atoms with Gasteiger partial charge in [-0.25, -0.2) is 0 Å². The zero-order valence-corrected chi connectivity index (χ0v) is 16.6. The molecule has 0 saturated carbocycles. The molecule has 0 bridgehead atoms. The lowest BCUT2D eigenvalue weighted by atomic mass is 10.1. The molecule has 3 aromatic rings. The number of carbonyl (C=O) groups is 1. The topological polar surface area (TPSA) is 52.5 Å². The first kappa shape index (κ1) is 18.8. The molecule has 1 amide bonds. The lowest BCUT2D eigenvalue weighted by Crippen LogP contribution is -2.18. The molecule has 0 atom stereocenters. The van der Waals surface area contributed by atoms with Crippen molar-refractivity contribution in [2.45, 2.75) is 33.7 Å². The van der Waals surface area contributed by atoms with E-state index in [1.165, 1.54) is 5.56 Å². The molecular weight excluding hydrogens is 340 g/mol. The van der Waals surface area contributed by atoms with Crippen molar-refractivity contribution in [2.75, 3.05) is 19.5 Å². The fourth-order valence-corrected chi connectivity index (χ4v) is 3.51. The lowest BCUT2D eigenvalue weighted by molar-refractivity contribution is 0.101. The number of amides is 1. The number of aryl methyl sites for hydroxylation is 3. The molecule has 3 rings (SSSR count). The molecular formula is C22H26N2O3. The van der Waals surface area contributed by atoms with Crippen molar-refractivity contribution in [3.63, 3.8) is 0 Å². The summed E-state index contributed by atoms with van der Waals surface area (Å²) in [5, 5.41) is 4.13. The summed E-state index contributed by atoms with van der Waals surface area (Å²) in [6.45, 7) is 6.93. The van der Waals surface area contributed by atoms with E-state index in [4.69, 9.17) is 9.47 Å². The first-order valence-corrected chi connectivity index (χ1v) is 9.19. The molecule has 27 heavy (non-hydrogen) atoms. The van der Waals surface area contributed by atoms with E-state index < -0.39 is 0 Å². The second-order valence-corrected chi connectivity index (χ2v) is 6.45. The maximum atomic E-state index is 13.1. The van der Waals surface area contributed by atoms with Crippen LogP contribution in [0.3, 0.4) is 0 Å². The Kier molecular flexibility index (Phi) is 5.40. The van der Waals surface area contributed by atoms with Gasteiger partial charge < -0.3 is 19.4 Å². The van der Waals surface area contributed by atoms with E-state index >= 15 is 0 Å². The molecule has 1 N–H and O–H groups in total. The molecule has 0 radical (unpaired) electrons. The Morgan fingerprint density at radius 2 is 1.78 bits per heavy atom. The minimum absolute atomic E-state index is 0.129. The van der Waals surface area contributed by atoms with Crippen LogP contribution in [0.2, 0.25) is 0 Å². The van der Waals surface area contributed by atoms with Gasteiger partial charge in [0, 0.05) is 29.2 Å². The summed E-state index contributed by atoms with van der Waals surface area (Å²) in [5.74, 6) is 1.08. The SMILES string of the molecule is CCc1ccc2c(c1)c(C)c(C(=O)Nc1ccc(OC)c(OC)c1)n2CC. The van der Waals surface area contributed by atoms with Gasteiger partial charge in [-0.15, -0.1) is 0 Å². The van der Waals surface area contributed by atoms with Gasteiger partial charge in [-0.05, 0) is 55.7 Å². The van der Waals surface area contributed by atoms with Crippen molar-refractivity contribution >= 4 is 22.5 Å². The molecule has 0 spiro atoms. The number of carbonyl (C=O) groups excluding carboxylic acids is 1. The standard InChI is InChI=1S/C22H26N2O3/c1-6-15-8-10-18-17(12-15)14(3)21(24(18)7-2)22(25)23-16-9-11-19(26-4)20(13-16)27-5/h8-13H,6-7H2,1-5H3,(H,23,25). The van der Waals surface area contributed by atoms with Gasteiger partial charge in [-0.2, -0.15) is 0 Å². The predicted octanol–water partition coefficient (Wildman–Crippen LogP) is 4.80. The molecule has 142 valence electrons. The van der Waals surface area contributed by atoms with Crippen LogP contribution in [-0.4, -0.2) is 24.7 Å². The minimum atomic E-state index is -0.129. The van der Waals surface area contributed by atoms with Crippen LogP contribution in [0.5, 0.6) is 11.5 Å². The summed E-state index contributed by atoms with van der Waals surface area (Å²) >= 11 is 0. The molecule has 0 fully saturated rings. The Morgan fingerprint density at radius 1 is 1.04 bits per heavy atom. The highest BCUT2D eigenvalue weighted by Crippen LogP contribution is 2.31. The molecule has 1 heterocycles. The molecule has 0 aliphatic carbocycles. The molecule has 0 saturated heterocycles. The first-order chi connectivity index (χ1) is 13.0. The number of benzene rings is 2. The van der Waals surface area contributed by atoms with Crippen molar-refractivity contribution in [3.8, 4) is 11.5 Å². The van der Waals surface area contributed by atoms with Gasteiger partial charge in [-0.3, -0.25) is 4.79 Å². The minimum Gasteiger partial charge on any atom is -0.493 e. The van der Waals surface area contributed by atoms with E-state index in [9.17, 15) is 4.79 Å². The van der Waals surface area contributed by atoms with Gasteiger partial charge in [0.1, 0.15) is 5.69 Å². The number of fused-ring (bicyclic) bond motifs is 1.